The van der Waals surface area contributed by atoms with Crippen LogP contribution in [0.25, 0.3) is 11.3 Å². The van der Waals surface area contributed by atoms with Gasteiger partial charge >= 0.3 is 5.97 Å². The van der Waals surface area contributed by atoms with Crippen LogP contribution in [-0.4, -0.2) is 35.5 Å². The van der Waals surface area contributed by atoms with Gasteiger partial charge in [-0.1, -0.05) is 41.9 Å². The highest BCUT2D eigenvalue weighted by atomic mass is 35.5. The quantitative estimate of drug-likeness (QED) is 0.622. The van der Waals surface area contributed by atoms with Crippen molar-refractivity contribution in [1.82, 2.24) is 4.57 Å². The van der Waals surface area contributed by atoms with Gasteiger partial charge < -0.3 is 19.1 Å². The largest absolute Gasteiger partial charge is 0.462 e. The summed E-state index contributed by atoms with van der Waals surface area (Å²) in [7, 11) is 0. The molecule has 0 bridgehead atoms. The summed E-state index contributed by atoms with van der Waals surface area (Å²) in [6.45, 7) is 4.16. The molecule has 0 aliphatic rings. The van der Waals surface area contributed by atoms with Crippen molar-refractivity contribution in [3.63, 3.8) is 0 Å². The maximum absolute atomic E-state index is 12.2. The molecule has 2 aromatic rings. The molecule has 0 unspecified atom stereocenters. The maximum atomic E-state index is 12.2. The third kappa shape index (κ3) is 3.75. The SMILES string of the molecule is CCOC(=O)c1c(Cl)c(-c2ccccc2)n(COCCO)c1C. The third-order valence-corrected chi connectivity index (χ3v) is 3.81. The predicted octanol–water partition coefficient (Wildman–Crippen LogP) is 3.26. The standard InChI is InChI=1S/C17H20ClNO4/c1-3-23-17(21)14-12(2)19(11-22-10-9-20)16(15(14)18)13-7-5-4-6-8-13/h4-8,20H,3,9-11H2,1-2H3. The summed E-state index contributed by atoms with van der Waals surface area (Å²) in [5, 5.41) is 9.23. The molecule has 0 aliphatic heterocycles. The van der Waals surface area contributed by atoms with Crippen molar-refractivity contribution in [1.29, 1.82) is 0 Å². The number of nitrogens with zero attached hydrogens (tertiary/aromatic N) is 1. The minimum atomic E-state index is -0.451. The monoisotopic (exact) mass is 337 g/mol. The third-order valence-electron chi connectivity index (χ3n) is 3.45. The summed E-state index contributed by atoms with van der Waals surface area (Å²) in [4.78, 5) is 12.2. The van der Waals surface area contributed by atoms with Crippen LogP contribution in [0.15, 0.2) is 30.3 Å². The number of rotatable bonds is 7. The molecule has 5 nitrogen and oxygen atoms in total. The lowest BCUT2D eigenvalue weighted by atomic mass is 10.1. The van der Waals surface area contributed by atoms with Crippen LogP contribution in [0.4, 0.5) is 0 Å². The van der Waals surface area contributed by atoms with Gasteiger partial charge in [-0.15, -0.1) is 0 Å². The number of halogens is 1. The Morgan fingerprint density at radius 3 is 2.61 bits per heavy atom. The van der Waals surface area contributed by atoms with E-state index < -0.39 is 5.97 Å². The molecule has 0 aliphatic carbocycles. The molecule has 23 heavy (non-hydrogen) atoms. The van der Waals surface area contributed by atoms with E-state index in [1.165, 1.54) is 0 Å². The summed E-state index contributed by atoms with van der Waals surface area (Å²) in [6.07, 6.45) is 0. The fourth-order valence-corrected chi connectivity index (χ4v) is 2.82. The highest BCUT2D eigenvalue weighted by molar-refractivity contribution is 6.36. The zero-order chi connectivity index (χ0) is 16.8. The van der Waals surface area contributed by atoms with E-state index in [-0.39, 0.29) is 26.6 Å². The molecule has 1 N–H and O–H groups in total. The lowest BCUT2D eigenvalue weighted by Gasteiger charge is -2.12. The second kappa shape index (κ2) is 8.15. The fourth-order valence-electron chi connectivity index (χ4n) is 2.40. The summed E-state index contributed by atoms with van der Waals surface area (Å²) in [5.41, 5.74) is 2.60. The predicted molar refractivity (Wildman–Crippen MR) is 88.6 cm³/mol. The topological polar surface area (TPSA) is 60.7 Å². The van der Waals surface area contributed by atoms with E-state index >= 15 is 0 Å². The first kappa shape index (κ1) is 17.5. The molecule has 1 aromatic carbocycles. The van der Waals surface area contributed by atoms with Crippen molar-refractivity contribution < 1.29 is 19.4 Å². The molecule has 0 fully saturated rings. The molecule has 1 heterocycles. The van der Waals surface area contributed by atoms with Crippen LogP contribution in [0.1, 0.15) is 23.0 Å². The van der Waals surface area contributed by atoms with Gasteiger partial charge in [0.25, 0.3) is 0 Å². The zero-order valence-corrected chi connectivity index (χ0v) is 14.0. The lowest BCUT2D eigenvalue weighted by molar-refractivity contribution is 0.0471. The lowest BCUT2D eigenvalue weighted by Crippen LogP contribution is -2.10. The number of aliphatic hydroxyl groups is 1. The van der Waals surface area contributed by atoms with Crippen molar-refractivity contribution in [2.75, 3.05) is 19.8 Å². The molecule has 0 saturated carbocycles. The Balaban J connectivity index is 2.53. The first-order valence-electron chi connectivity index (χ1n) is 7.41. The Morgan fingerprint density at radius 2 is 2.00 bits per heavy atom. The first-order valence-corrected chi connectivity index (χ1v) is 7.79. The average molecular weight is 338 g/mol. The molecule has 0 spiro atoms. The van der Waals surface area contributed by atoms with E-state index in [9.17, 15) is 4.79 Å². The Morgan fingerprint density at radius 1 is 1.30 bits per heavy atom. The van der Waals surface area contributed by atoms with Crippen LogP contribution in [0.2, 0.25) is 5.02 Å². The van der Waals surface area contributed by atoms with Crippen LogP contribution in [0, 0.1) is 6.92 Å². The van der Waals surface area contributed by atoms with Gasteiger partial charge in [-0.2, -0.15) is 0 Å². The highest BCUT2D eigenvalue weighted by Gasteiger charge is 2.25. The summed E-state index contributed by atoms with van der Waals surface area (Å²) in [5.74, 6) is -0.451. The van der Waals surface area contributed by atoms with Crippen LogP contribution >= 0.6 is 11.6 Å². The fraction of sp³-hybridized carbons (Fsp3) is 0.353. The van der Waals surface area contributed by atoms with Gasteiger partial charge in [0.2, 0.25) is 0 Å². The van der Waals surface area contributed by atoms with Gasteiger partial charge in [0, 0.05) is 5.69 Å². The molecule has 0 amide bonds. The number of ether oxygens (including phenoxy) is 2. The molecule has 0 radical (unpaired) electrons. The normalized spacial score (nSPS) is 10.8. The molecular weight excluding hydrogens is 318 g/mol. The number of benzene rings is 1. The van der Waals surface area contributed by atoms with Crippen molar-refractivity contribution in [3.05, 3.63) is 46.6 Å². The highest BCUT2D eigenvalue weighted by Crippen LogP contribution is 2.36. The first-order chi connectivity index (χ1) is 11.1. The van der Waals surface area contributed by atoms with Crippen LogP contribution < -0.4 is 0 Å². The van der Waals surface area contributed by atoms with E-state index in [1.54, 1.807) is 13.8 Å². The van der Waals surface area contributed by atoms with Crippen molar-refractivity contribution in [2.24, 2.45) is 0 Å². The summed E-state index contributed by atoms with van der Waals surface area (Å²) < 4.78 is 12.3. The van der Waals surface area contributed by atoms with E-state index in [2.05, 4.69) is 0 Å². The maximum Gasteiger partial charge on any atom is 0.341 e. The number of hydrogen-bond donors (Lipinski definition) is 1. The molecule has 0 saturated heterocycles. The van der Waals surface area contributed by atoms with Gasteiger partial charge in [-0.25, -0.2) is 4.79 Å². The molecule has 1 aromatic heterocycles. The van der Waals surface area contributed by atoms with Gasteiger partial charge in [-0.05, 0) is 19.4 Å². The minimum absolute atomic E-state index is 0.0700. The molecule has 124 valence electrons. The van der Waals surface area contributed by atoms with Crippen molar-refractivity contribution >= 4 is 17.6 Å². The minimum Gasteiger partial charge on any atom is -0.462 e. The van der Waals surface area contributed by atoms with E-state index in [1.807, 2.05) is 34.9 Å². The molecule has 2 rings (SSSR count). The smallest absolute Gasteiger partial charge is 0.341 e. The number of esters is 1. The van der Waals surface area contributed by atoms with Crippen molar-refractivity contribution in [2.45, 2.75) is 20.6 Å². The van der Waals surface area contributed by atoms with Gasteiger partial charge in [0.15, 0.2) is 0 Å². The van der Waals surface area contributed by atoms with Gasteiger partial charge in [-0.3, -0.25) is 0 Å². The zero-order valence-electron chi connectivity index (χ0n) is 13.2. The van der Waals surface area contributed by atoms with Crippen LogP contribution in [0.3, 0.4) is 0 Å². The van der Waals surface area contributed by atoms with E-state index in [0.29, 0.717) is 22.0 Å². The Labute approximate surface area is 140 Å². The van der Waals surface area contributed by atoms with Gasteiger partial charge in [0.05, 0.1) is 36.1 Å². The Bertz CT molecular complexity index is 667. The number of hydrogen-bond acceptors (Lipinski definition) is 4. The molecule has 0 atom stereocenters. The summed E-state index contributed by atoms with van der Waals surface area (Å²) in [6, 6.07) is 9.54. The summed E-state index contributed by atoms with van der Waals surface area (Å²) >= 11 is 6.49. The van der Waals surface area contributed by atoms with E-state index in [4.69, 9.17) is 26.2 Å². The second-order valence-corrected chi connectivity index (χ2v) is 5.28. The molecule has 6 heteroatoms. The second-order valence-electron chi connectivity index (χ2n) is 4.90. The number of aliphatic hydroxyl groups excluding tert-OH is 1. The Kier molecular flexibility index (Phi) is 6.21. The molecular formula is C17H20ClNO4. The number of carbonyl (C=O) groups is 1. The van der Waals surface area contributed by atoms with Crippen LogP contribution in [0.5, 0.6) is 0 Å². The van der Waals surface area contributed by atoms with Crippen LogP contribution in [-0.2, 0) is 16.2 Å². The number of aromatic nitrogens is 1. The van der Waals surface area contributed by atoms with Crippen molar-refractivity contribution in [3.8, 4) is 11.3 Å². The van der Waals surface area contributed by atoms with Gasteiger partial charge in [0.1, 0.15) is 6.73 Å². The van der Waals surface area contributed by atoms with E-state index in [0.717, 1.165) is 5.56 Å². The number of carbonyl (C=O) groups excluding carboxylic acids is 1. The average Bonchev–Trinajstić information content (AvgIpc) is 2.79. The Hall–Kier alpha value is -1.82.